The highest BCUT2D eigenvalue weighted by Crippen LogP contribution is 2.32. The van der Waals surface area contributed by atoms with Crippen molar-refractivity contribution in [2.24, 2.45) is 0 Å². The summed E-state index contributed by atoms with van der Waals surface area (Å²) >= 11 is 0. The zero-order chi connectivity index (χ0) is 11.8. The zero-order valence-corrected chi connectivity index (χ0v) is 9.43. The third-order valence-electron chi connectivity index (χ3n) is 2.48. The number of rotatable bonds is 2. The molecule has 0 radical (unpaired) electrons. The van der Waals surface area contributed by atoms with Gasteiger partial charge in [0.2, 0.25) is 0 Å². The molecule has 0 amide bonds. The Balaban J connectivity index is 2.19. The Bertz CT molecular complexity index is 669. The predicted octanol–water partition coefficient (Wildman–Crippen LogP) is 2.80. The second kappa shape index (κ2) is 3.62. The van der Waals surface area contributed by atoms with Crippen LogP contribution in [0.2, 0.25) is 0 Å². The van der Waals surface area contributed by atoms with Gasteiger partial charge in [-0.15, -0.1) is 0 Å². The second-order valence-electron chi connectivity index (χ2n) is 3.63. The van der Waals surface area contributed by atoms with E-state index in [1.807, 2.05) is 24.3 Å². The van der Waals surface area contributed by atoms with Gasteiger partial charge in [-0.05, 0) is 19.1 Å². The third kappa shape index (κ3) is 1.56. The lowest BCUT2D eigenvalue weighted by Crippen LogP contribution is -1.81. The average molecular weight is 230 g/mol. The van der Waals surface area contributed by atoms with E-state index in [1.54, 1.807) is 14.0 Å². The normalized spacial score (nSPS) is 10.9. The summed E-state index contributed by atoms with van der Waals surface area (Å²) in [4.78, 5) is 4.12. The fraction of sp³-hybridized carbons (Fsp3) is 0.167. The van der Waals surface area contributed by atoms with Crippen LogP contribution in [-0.2, 0) is 0 Å². The van der Waals surface area contributed by atoms with Crippen molar-refractivity contribution in [3.05, 3.63) is 30.1 Å². The Labute approximate surface area is 97.0 Å². The lowest BCUT2D eigenvalue weighted by atomic mass is 10.2. The largest absolute Gasteiger partial charge is 0.496 e. The van der Waals surface area contributed by atoms with Crippen molar-refractivity contribution in [3.63, 3.8) is 0 Å². The van der Waals surface area contributed by atoms with Gasteiger partial charge in [-0.1, -0.05) is 11.2 Å². The minimum atomic E-state index is 0.376. The molecule has 3 aromatic rings. The van der Waals surface area contributed by atoms with Gasteiger partial charge in [-0.3, -0.25) is 0 Å². The van der Waals surface area contributed by atoms with E-state index in [2.05, 4.69) is 10.1 Å². The summed E-state index contributed by atoms with van der Waals surface area (Å²) in [6.45, 7) is 1.76. The van der Waals surface area contributed by atoms with Crippen LogP contribution in [-0.4, -0.2) is 17.3 Å². The van der Waals surface area contributed by atoms with E-state index in [1.165, 1.54) is 0 Å². The molecule has 0 fully saturated rings. The average Bonchev–Trinajstić information content (AvgIpc) is 2.93. The van der Waals surface area contributed by atoms with Gasteiger partial charge in [0.05, 0.1) is 12.5 Å². The first kappa shape index (κ1) is 9.89. The number of hydrogen-bond donors (Lipinski definition) is 0. The van der Waals surface area contributed by atoms with Crippen LogP contribution in [0.4, 0.5) is 0 Å². The molecule has 5 nitrogen and oxygen atoms in total. The Morgan fingerprint density at radius 2 is 2.18 bits per heavy atom. The topological polar surface area (TPSA) is 61.3 Å². The van der Waals surface area contributed by atoms with Crippen molar-refractivity contribution in [2.75, 3.05) is 7.11 Å². The quantitative estimate of drug-likeness (QED) is 0.677. The standard InChI is InChI=1S/C12H10N2O3/c1-7-13-12(17-14-7)11-6-8-9(15-2)4-3-5-10(8)16-11/h3-6H,1-2H3. The SMILES string of the molecule is COc1cccc2oc(-c3nc(C)no3)cc12. The highest BCUT2D eigenvalue weighted by Gasteiger charge is 2.14. The predicted molar refractivity (Wildman–Crippen MR) is 60.8 cm³/mol. The summed E-state index contributed by atoms with van der Waals surface area (Å²) in [5, 5.41) is 4.62. The summed E-state index contributed by atoms with van der Waals surface area (Å²) in [6.07, 6.45) is 0. The van der Waals surface area contributed by atoms with Gasteiger partial charge in [-0.2, -0.15) is 4.98 Å². The van der Waals surface area contributed by atoms with Gasteiger partial charge in [0, 0.05) is 6.07 Å². The van der Waals surface area contributed by atoms with Crippen LogP contribution in [0.3, 0.4) is 0 Å². The lowest BCUT2D eigenvalue weighted by molar-refractivity contribution is 0.414. The molecule has 0 aliphatic carbocycles. The van der Waals surface area contributed by atoms with Crippen LogP contribution < -0.4 is 4.74 Å². The minimum Gasteiger partial charge on any atom is -0.496 e. The van der Waals surface area contributed by atoms with Crippen LogP contribution in [0.15, 0.2) is 33.2 Å². The minimum absolute atomic E-state index is 0.376. The number of hydrogen-bond acceptors (Lipinski definition) is 5. The van der Waals surface area contributed by atoms with Crippen molar-refractivity contribution in [2.45, 2.75) is 6.92 Å². The molecule has 0 spiro atoms. The van der Waals surface area contributed by atoms with Gasteiger partial charge in [0.25, 0.3) is 5.89 Å². The number of methoxy groups -OCH3 is 1. The maximum Gasteiger partial charge on any atom is 0.293 e. The number of fused-ring (bicyclic) bond motifs is 1. The molecular weight excluding hydrogens is 220 g/mol. The lowest BCUT2D eigenvalue weighted by Gasteiger charge is -1.98. The maximum absolute atomic E-state index is 5.63. The fourth-order valence-corrected chi connectivity index (χ4v) is 1.71. The van der Waals surface area contributed by atoms with Crippen LogP contribution >= 0.6 is 0 Å². The second-order valence-corrected chi connectivity index (χ2v) is 3.63. The van der Waals surface area contributed by atoms with Crippen molar-refractivity contribution < 1.29 is 13.7 Å². The van der Waals surface area contributed by atoms with E-state index in [-0.39, 0.29) is 0 Å². The fourth-order valence-electron chi connectivity index (χ4n) is 1.71. The third-order valence-corrected chi connectivity index (χ3v) is 2.48. The number of furan rings is 1. The molecule has 1 aromatic carbocycles. The Morgan fingerprint density at radius 3 is 2.88 bits per heavy atom. The molecule has 17 heavy (non-hydrogen) atoms. The van der Waals surface area contributed by atoms with E-state index < -0.39 is 0 Å². The van der Waals surface area contributed by atoms with Crippen molar-refractivity contribution >= 4 is 11.0 Å². The van der Waals surface area contributed by atoms with Crippen LogP contribution in [0.25, 0.3) is 22.6 Å². The number of aryl methyl sites for hydroxylation is 1. The number of aromatic nitrogens is 2. The first-order valence-electron chi connectivity index (χ1n) is 5.15. The molecule has 0 atom stereocenters. The van der Waals surface area contributed by atoms with Crippen molar-refractivity contribution in [1.29, 1.82) is 0 Å². The van der Waals surface area contributed by atoms with Gasteiger partial charge < -0.3 is 13.7 Å². The Morgan fingerprint density at radius 1 is 1.29 bits per heavy atom. The van der Waals surface area contributed by atoms with Gasteiger partial charge in [0.1, 0.15) is 11.3 Å². The summed E-state index contributed by atoms with van der Waals surface area (Å²) in [5.41, 5.74) is 0.732. The molecule has 0 unspecified atom stereocenters. The van der Waals surface area contributed by atoms with Gasteiger partial charge in [-0.25, -0.2) is 0 Å². The molecule has 86 valence electrons. The van der Waals surface area contributed by atoms with Crippen molar-refractivity contribution in [1.82, 2.24) is 10.1 Å². The van der Waals surface area contributed by atoms with E-state index in [0.29, 0.717) is 17.5 Å². The van der Waals surface area contributed by atoms with Crippen LogP contribution in [0.1, 0.15) is 5.82 Å². The molecule has 0 aliphatic rings. The molecule has 0 saturated heterocycles. The van der Waals surface area contributed by atoms with Gasteiger partial charge >= 0.3 is 0 Å². The summed E-state index contributed by atoms with van der Waals surface area (Å²) < 4.78 is 15.9. The van der Waals surface area contributed by atoms with Crippen LogP contribution in [0, 0.1) is 6.92 Å². The molecule has 0 aliphatic heterocycles. The van der Waals surface area contributed by atoms with E-state index in [0.717, 1.165) is 16.7 Å². The van der Waals surface area contributed by atoms with Crippen molar-refractivity contribution in [3.8, 4) is 17.4 Å². The molecule has 3 rings (SSSR count). The maximum atomic E-state index is 5.63. The van der Waals surface area contributed by atoms with E-state index in [4.69, 9.17) is 13.7 Å². The van der Waals surface area contributed by atoms with Gasteiger partial charge in [0.15, 0.2) is 11.6 Å². The monoisotopic (exact) mass is 230 g/mol. The Kier molecular flexibility index (Phi) is 2.11. The highest BCUT2D eigenvalue weighted by molar-refractivity contribution is 5.87. The first-order chi connectivity index (χ1) is 8.28. The molecule has 0 N–H and O–H groups in total. The number of benzene rings is 1. The van der Waals surface area contributed by atoms with Crippen LogP contribution in [0.5, 0.6) is 5.75 Å². The number of ether oxygens (including phenoxy) is 1. The first-order valence-corrected chi connectivity index (χ1v) is 5.15. The summed E-state index contributed by atoms with van der Waals surface area (Å²) in [7, 11) is 1.62. The zero-order valence-electron chi connectivity index (χ0n) is 9.43. The van der Waals surface area contributed by atoms with E-state index in [9.17, 15) is 0 Å². The highest BCUT2D eigenvalue weighted by atomic mass is 16.5. The Hall–Kier alpha value is -2.30. The smallest absolute Gasteiger partial charge is 0.293 e. The molecule has 2 heterocycles. The molecule has 0 saturated carbocycles. The number of nitrogens with zero attached hydrogens (tertiary/aromatic N) is 2. The molecule has 0 bridgehead atoms. The molecule has 2 aromatic heterocycles. The summed E-state index contributed by atoms with van der Waals surface area (Å²) in [5.74, 6) is 2.26. The van der Waals surface area contributed by atoms with E-state index >= 15 is 0 Å². The molecular formula is C12H10N2O3. The summed E-state index contributed by atoms with van der Waals surface area (Å²) in [6, 6.07) is 7.44. The molecule has 5 heteroatoms.